The lowest BCUT2D eigenvalue weighted by Crippen LogP contribution is -2.43. The maximum Gasteiger partial charge on any atom is 0.337 e. The number of amides is 3. The van der Waals surface area contributed by atoms with Gasteiger partial charge in [-0.15, -0.1) is 11.8 Å². The summed E-state index contributed by atoms with van der Waals surface area (Å²) in [5, 5.41) is 11.7. The van der Waals surface area contributed by atoms with Crippen LogP contribution in [0.4, 0.5) is 11.4 Å². The van der Waals surface area contributed by atoms with E-state index in [2.05, 4.69) is 5.32 Å². The molecule has 1 fully saturated rings. The highest BCUT2D eigenvalue weighted by atomic mass is 32.2. The number of aromatic carboxylic acids is 1. The van der Waals surface area contributed by atoms with Gasteiger partial charge in [0.05, 0.1) is 22.8 Å². The number of hydrogen-bond donors (Lipinski definition) is 2. The third-order valence-electron chi connectivity index (χ3n) is 2.74. The molecule has 2 N–H and O–H groups in total. The second-order valence-corrected chi connectivity index (χ2v) is 5.32. The molecule has 2 rings (SSSR count). The largest absolute Gasteiger partial charge is 0.478 e. The van der Waals surface area contributed by atoms with Gasteiger partial charge in [-0.1, -0.05) is 0 Å². The Balaban J connectivity index is 2.47. The van der Waals surface area contributed by atoms with E-state index in [1.807, 2.05) is 0 Å². The van der Waals surface area contributed by atoms with Gasteiger partial charge in [0.2, 0.25) is 17.7 Å². The molecule has 0 bridgehead atoms. The van der Waals surface area contributed by atoms with E-state index in [1.165, 1.54) is 36.9 Å². The first-order chi connectivity index (χ1) is 9.90. The average Bonchev–Trinajstić information content (AvgIpc) is 2.39. The molecule has 8 heteroatoms. The normalized spacial score (nSPS) is 15.0. The average molecular weight is 308 g/mol. The van der Waals surface area contributed by atoms with Gasteiger partial charge in [0.15, 0.2) is 0 Å². The second kappa shape index (κ2) is 5.96. The highest BCUT2D eigenvalue weighted by molar-refractivity contribution is 8.00. The number of imide groups is 1. The summed E-state index contributed by atoms with van der Waals surface area (Å²) in [6.45, 7) is 1.29. The van der Waals surface area contributed by atoms with Gasteiger partial charge in [0, 0.05) is 12.6 Å². The quantitative estimate of drug-likeness (QED) is 0.806. The van der Waals surface area contributed by atoms with Crippen LogP contribution in [-0.2, 0) is 14.4 Å². The van der Waals surface area contributed by atoms with E-state index in [0.29, 0.717) is 0 Å². The van der Waals surface area contributed by atoms with Gasteiger partial charge < -0.3 is 10.4 Å². The number of carboxylic acid groups (broad SMARTS) is 1. The van der Waals surface area contributed by atoms with Crippen LogP contribution in [0.1, 0.15) is 17.3 Å². The number of thioether (sulfide) groups is 1. The molecule has 110 valence electrons. The molecule has 0 saturated carbocycles. The zero-order valence-corrected chi connectivity index (χ0v) is 11.9. The summed E-state index contributed by atoms with van der Waals surface area (Å²) < 4.78 is 0. The van der Waals surface area contributed by atoms with Crippen molar-refractivity contribution in [2.24, 2.45) is 0 Å². The number of hydrogen-bond acceptors (Lipinski definition) is 5. The van der Waals surface area contributed by atoms with E-state index < -0.39 is 17.8 Å². The van der Waals surface area contributed by atoms with Crippen molar-refractivity contribution in [2.75, 3.05) is 21.7 Å². The molecule has 0 aliphatic carbocycles. The Morgan fingerprint density at radius 1 is 1.24 bits per heavy atom. The highest BCUT2D eigenvalue weighted by Gasteiger charge is 2.31. The van der Waals surface area contributed by atoms with Crippen molar-refractivity contribution in [3.05, 3.63) is 23.8 Å². The Bertz CT molecular complexity index is 627. The van der Waals surface area contributed by atoms with Gasteiger partial charge >= 0.3 is 5.97 Å². The first-order valence-electron chi connectivity index (χ1n) is 5.98. The van der Waals surface area contributed by atoms with Crippen LogP contribution in [0.25, 0.3) is 0 Å². The smallest absolute Gasteiger partial charge is 0.337 e. The third kappa shape index (κ3) is 3.22. The van der Waals surface area contributed by atoms with Crippen molar-refractivity contribution in [2.45, 2.75) is 6.92 Å². The molecule has 0 aromatic heterocycles. The molecule has 7 nitrogen and oxygen atoms in total. The van der Waals surface area contributed by atoms with Crippen molar-refractivity contribution in [1.82, 2.24) is 0 Å². The van der Waals surface area contributed by atoms with Crippen LogP contribution in [0.2, 0.25) is 0 Å². The lowest BCUT2D eigenvalue weighted by atomic mass is 10.1. The van der Waals surface area contributed by atoms with E-state index in [9.17, 15) is 24.3 Å². The standard InChI is InChI=1S/C13H12N2O5S/c1-7(16)14-8-2-3-10(9(4-8)13(19)20)15-11(17)5-21-6-12(15)18/h2-4H,5-6H2,1H3,(H,14,16)(H,19,20). The predicted molar refractivity (Wildman–Crippen MR) is 77.5 cm³/mol. The van der Waals surface area contributed by atoms with E-state index in [4.69, 9.17) is 0 Å². The van der Waals surface area contributed by atoms with Crippen molar-refractivity contribution < 1.29 is 24.3 Å². The van der Waals surface area contributed by atoms with E-state index in [1.54, 1.807) is 0 Å². The summed E-state index contributed by atoms with van der Waals surface area (Å²) in [5.41, 5.74) is 0.0942. The number of nitrogens with zero attached hydrogens (tertiary/aromatic N) is 1. The summed E-state index contributed by atoms with van der Waals surface area (Å²) in [5.74, 6) is -2.29. The number of carboxylic acids is 1. The summed E-state index contributed by atoms with van der Waals surface area (Å²) in [6, 6.07) is 4.02. The van der Waals surface area contributed by atoms with Gasteiger partial charge in [-0.2, -0.15) is 0 Å². The number of nitrogens with one attached hydrogen (secondary N) is 1. The molecule has 0 spiro atoms. The molecule has 1 aromatic rings. The minimum atomic E-state index is -1.28. The Labute approximate surface area is 124 Å². The fraction of sp³-hybridized carbons (Fsp3) is 0.231. The molecule has 1 aromatic carbocycles. The minimum absolute atomic E-state index is 0.0203. The molecule has 1 saturated heterocycles. The summed E-state index contributed by atoms with van der Waals surface area (Å²) in [7, 11) is 0. The lowest BCUT2D eigenvalue weighted by Gasteiger charge is -2.26. The minimum Gasteiger partial charge on any atom is -0.478 e. The molecule has 1 heterocycles. The number of benzene rings is 1. The summed E-state index contributed by atoms with van der Waals surface area (Å²) in [4.78, 5) is 47.0. The van der Waals surface area contributed by atoms with E-state index in [0.717, 1.165) is 4.90 Å². The van der Waals surface area contributed by atoms with Crippen LogP contribution in [0.5, 0.6) is 0 Å². The Hall–Kier alpha value is -2.35. The van der Waals surface area contributed by atoms with E-state index >= 15 is 0 Å². The zero-order valence-electron chi connectivity index (χ0n) is 11.1. The van der Waals surface area contributed by atoms with Gasteiger partial charge in [-0.25, -0.2) is 9.69 Å². The van der Waals surface area contributed by atoms with Gasteiger partial charge in [-0.3, -0.25) is 14.4 Å². The molecule has 1 aliphatic rings. The van der Waals surface area contributed by atoms with Crippen LogP contribution in [0.15, 0.2) is 18.2 Å². The third-order valence-corrected chi connectivity index (χ3v) is 3.64. The number of carbonyl (C=O) groups excluding carboxylic acids is 3. The van der Waals surface area contributed by atoms with Crippen LogP contribution >= 0.6 is 11.8 Å². The first kappa shape index (κ1) is 15.0. The van der Waals surface area contributed by atoms with Crippen molar-refractivity contribution in [3.63, 3.8) is 0 Å². The van der Waals surface area contributed by atoms with E-state index in [-0.39, 0.29) is 34.4 Å². The monoisotopic (exact) mass is 308 g/mol. The molecule has 3 amide bonds. The first-order valence-corrected chi connectivity index (χ1v) is 7.14. The number of anilines is 2. The maximum atomic E-state index is 11.9. The molecular weight excluding hydrogens is 296 g/mol. The van der Waals surface area contributed by atoms with Crippen molar-refractivity contribution >= 4 is 46.8 Å². The van der Waals surface area contributed by atoms with Gasteiger partial charge in [0.1, 0.15) is 0 Å². The van der Waals surface area contributed by atoms with Crippen LogP contribution < -0.4 is 10.2 Å². The van der Waals surface area contributed by atoms with Crippen molar-refractivity contribution in [3.8, 4) is 0 Å². The molecule has 0 atom stereocenters. The molecule has 21 heavy (non-hydrogen) atoms. The fourth-order valence-electron chi connectivity index (χ4n) is 1.95. The topological polar surface area (TPSA) is 104 Å². The van der Waals surface area contributed by atoms with Gasteiger partial charge in [-0.05, 0) is 18.2 Å². The SMILES string of the molecule is CC(=O)Nc1ccc(N2C(=O)CSCC2=O)c(C(=O)O)c1. The Morgan fingerprint density at radius 2 is 1.86 bits per heavy atom. The van der Waals surface area contributed by atoms with Crippen LogP contribution in [0, 0.1) is 0 Å². The highest BCUT2D eigenvalue weighted by Crippen LogP contribution is 2.28. The van der Waals surface area contributed by atoms with Crippen LogP contribution in [0.3, 0.4) is 0 Å². The molecule has 0 radical (unpaired) electrons. The zero-order chi connectivity index (χ0) is 15.6. The van der Waals surface area contributed by atoms with Gasteiger partial charge in [0.25, 0.3) is 0 Å². The summed E-state index contributed by atoms with van der Waals surface area (Å²) >= 11 is 1.19. The number of rotatable bonds is 3. The number of carbonyl (C=O) groups is 4. The van der Waals surface area contributed by atoms with Crippen molar-refractivity contribution in [1.29, 1.82) is 0 Å². The second-order valence-electron chi connectivity index (χ2n) is 4.33. The van der Waals surface area contributed by atoms with Crippen LogP contribution in [-0.4, -0.2) is 40.3 Å². The lowest BCUT2D eigenvalue weighted by molar-refractivity contribution is -0.124. The fourth-order valence-corrected chi connectivity index (χ4v) is 2.66. The predicted octanol–water partition coefficient (Wildman–Crippen LogP) is 0.950. The molecule has 0 unspecified atom stereocenters. The Kier molecular flexibility index (Phi) is 4.27. The molecular formula is C13H12N2O5S. The summed E-state index contributed by atoms with van der Waals surface area (Å²) in [6.07, 6.45) is 0. The molecule has 1 aliphatic heterocycles. The maximum absolute atomic E-state index is 11.9. The Morgan fingerprint density at radius 3 is 2.38 bits per heavy atom.